The van der Waals surface area contributed by atoms with Gasteiger partial charge in [0.05, 0.1) is 24.6 Å². The second kappa shape index (κ2) is 7.09. The fourth-order valence-electron chi connectivity index (χ4n) is 3.69. The Balaban J connectivity index is 1.33. The van der Waals surface area contributed by atoms with Crippen LogP contribution in [0.15, 0.2) is 48.5 Å². The van der Waals surface area contributed by atoms with Gasteiger partial charge in [0.25, 0.3) is 5.91 Å². The van der Waals surface area contributed by atoms with E-state index in [9.17, 15) is 4.79 Å². The number of ether oxygens (including phenoxy) is 1. The quantitative estimate of drug-likeness (QED) is 0.831. The zero-order valence-corrected chi connectivity index (χ0v) is 14.9. The summed E-state index contributed by atoms with van der Waals surface area (Å²) < 4.78 is 5.39. The summed E-state index contributed by atoms with van der Waals surface area (Å²) in [5.41, 5.74) is 9.44. The molecule has 2 aromatic carbocycles. The Morgan fingerprint density at radius 1 is 1.08 bits per heavy atom. The molecule has 0 radical (unpaired) electrons. The fraction of sp³-hybridized carbons (Fsp3) is 0.381. The number of benzene rings is 2. The van der Waals surface area contributed by atoms with Crippen molar-refractivity contribution in [3.8, 4) is 0 Å². The van der Waals surface area contributed by atoms with E-state index in [4.69, 9.17) is 10.5 Å². The van der Waals surface area contributed by atoms with Crippen molar-refractivity contribution in [2.75, 3.05) is 37.4 Å². The third-order valence-electron chi connectivity index (χ3n) is 5.56. The van der Waals surface area contributed by atoms with Crippen LogP contribution in [-0.2, 0) is 11.3 Å². The van der Waals surface area contributed by atoms with E-state index >= 15 is 0 Å². The number of nitrogens with two attached hydrogens (primary N) is 1. The normalized spacial score (nSPS) is 19.1. The molecule has 3 N–H and O–H groups in total. The molecular weight excluding hydrogens is 326 g/mol. The summed E-state index contributed by atoms with van der Waals surface area (Å²) in [4.78, 5) is 14.9. The Kier molecular flexibility index (Phi) is 4.66. The predicted octanol–water partition coefficient (Wildman–Crippen LogP) is 3.13. The lowest BCUT2D eigenvalue weighted by molar-refractivity contribution is -0.140. The number of hydrogen-bond donors (Lipinski definition) is 2. The Hall–Kier alpha value is -2.37. The molecule has 0 bridgehead atoms. The van der Waals surface area contributed by atoms with Crippen LogP contribution in [0.25, 0.3) is 0 Å². The standard InChI is InChI=1S/C21H25N3O2/c22-18-3-1-2-4-19(18)23-20(25)17-7-5-16(6-8-17)13-24-11-9-21(10-12-24)14-26-15-21/h1-8H,9-15,22H2,(H,23,25). The second-order valence-electron chi connectivity index (χ2n) is 7.51. The lowest BCUT2D eigenvalue weighted by atomic mass is 9.77. The molecule has 0 atom stereocenters. The molecule has 1 spiro atoms. The van der Waals surface area contributed by atoms with Gasteiger partial charge in [-0.1, -0.05) is 24.3 Å². The summed E-state index contributed by atoms with van der Waals surface area (Å²) >= 11 is 0. The van der Waals surface area contributed by atoms with E-state index < -0.39 is 0 Å². The highest BCUT2D eigenvalue weighted by atomic mass is 16.5. The molecule has 4 rings (SSSR count). The minimum atomic E-state index is -0.139. The van der Waals surface area contributed by atoms with Crippen molar-refractivity contribution < 1.29 is 9.53 Å². The molecule has 2 saturated heterocycles. The van der Waals surface area contributed by atoms with Crippen molar-refractivity contribution >= 4 is 17.3 Å². The number of nitrogens with zero attached hydrogens (tertiary/aromatic N) is 1. The number of anilines is 2. The summed E-state index contributed by atoms with van der Waals surface area (Å²) in [7, 11) is 0. The highest BCUT2D eigenvalue weighted by Gasteiger charge is 2.40. The number of para-hydroxylation sites is 2. The van der Waals surface area contributed by atoms with Gasteiger partial charge >= 0.3 is 0 Å². The van der Waals surface area contributed by atoms with Gasteiger partial charge in [-0.15, -0.1) is 0 Å². The van der Waals surface area contributed by atoms with Crippen LogP contribution in [0.3, 0.4) is 0 Å². The van der Waals surface area contributed by atoms with E-state index in [1.807, 2.05) is 36.4 Å². The number of amides is 1. The topological polar surface area (TPSA) is 67.6 Å². The molecule has 2 fully saturated rings. The number of hydrogen-bond acceptors (Lipinski definition) is 4. The van der Waals surface area contributed by atoms with Crippen LogP contribution in [0.4, 0.5) is 11.4 Å². The molecule has 0 saturated carbocycles. The zero-order valence-electron chi connectivity index (χ0n) is 14.9. The number of nitrogen functional groups attached to an aromatic ring is 1. The van der Waals surface area contributed by atoms with Crippen LogP contribution in [0.2, 0.25) is 0 Å². The minimum Gasteiger partial charge on any atom is -0.397 e. The molecule has 0 aromatic heterocycles. The highest BCUT2D eigenvalue weighted by molar-refractivity contribution is 6.05. The van der Waals surface area contributed by atoms with E-state index in [1.165, 1.54) is 18.4 Å². The molecule has 1 amide bonds. The van der Waals surface area contributed by atoms with Crippen molar-refractivity contribution in [2.45, 2.75) is 19.4 Å². The van der Waals surface area contributed by atoms with Crippen molar-refractivity contribution in [3.63, 3.8) is 0 Å². The summed E-state index contributed by atoms with van der Waals surface area (Å²) in [6.07, 6.45) is 2.46. The van der Waals surface area contributed by atoms with Crippen LogP contribution >= 0.6 is 0 Å². The number of likely N-dealkylation sites (tertiary alicyclic amines) is 1. The first kappa shape index (κ1) is 17.1. The Labute approximate surface area is 154 Å². The molecule has 0 unspecified atom stereocenters. The van der Waals surface area contributed by atoms with Crippen LogP contribution in [0.5, 0.6) is 0 Å². The lowest BCUT2D eigenvalue weighted by Crippen LogP contribution is -2.50. The van der Waals surface area contributed by atoms with Crippen molar-refractivity contribution in [1.29, 1.82) is 0 Å². The summed E-state index contributed by atoms with van der Waals surface area (Å²) in [6.45, 7) is 5.06. The maximum absolute atomic E-state index is 12.4. The van der Waals surface area contributed by atoms with E-state index in [-0.39, 0.29) is 5.91 Å². The molecule has 2 aliphatic heterocycles. The molecule has 2 aromatic rings. The van der Waals surface area contributed by atoms with Gasteiger partial charge in [-0.2, -0.15) is 0 Å². The average molecular weight is 351 g/mol. The molecule has 5 heteroatoms. The van der Waals surface area contributed by atoms with Gasteiger partial charge in [-0.25, -0.2) is 0 Å². The molecule has 26 heavy (non-hydrogen) atoms. The van der Waals surface area contributed by atoms with Gasteiger partial charge < -0.3 is 15.8 Å². The number of rotatable bonds is 4. The van der Waals surface area contributed by atoms with E-state index in [2.05, 4.69) is 10.2 Å². The monoisotopic (exact) mass is 351 g/mol. The summed E-state index contributed by atoms with van der Waals surface area (Å²) in [5, 5.41) is 2.86. The maximum atomic E-state index is 12.4. The van der Waals surface area contributed by atoms with E-state index in [1.54, 1.807) is 12.1 Å². The van der Waals surface area contributed by atoms with Gasteiger partial charge in [0, 0.05) is 17.5 Å². The van der Waals surface area contributed by atoms with E-state index in [0.717, 1.165) is 32.8 Å². The lowest BCUT2D eigenvalue weighted by Gasteiger charge is -2.47. The third kappa shape index (κ3) is 3.59. The summed E-state index contributed by atoms with van der Waals surface area (Å²) in [6, 6.07) is 15.1. The Bertz CT molecular complexity index is 774. The van der Waals surface area contributed by atoms with Gasteiger partial charge in [0.2, 0.25) is 0 Å². The van der Waals surface area contributed by atoms with Crippen molar-refractivity contribution in [3.05, 3.63) is 59.7 Å². The molecule has 2 aliphatic rings. The highest BCUT2D eigenvalue weighted by Crippen LogP contribution is 2.38. The van der Waals surface area contributed by atoms with Crippen LogP contribution in [0, 0.1) is 5.41 Å². The SMILES string of the molecule is Nc1ccccc1NC(=O)c1ccc(CN2CCC3(CC2)COC3)cc1. The molecular formula is C21H25N3O2. The fourth-order valence-corrected chi connectivity index (χ4v) is 3.69. The smallest absolute Gasteiger partial charge is 0.255 e. The Morgan fingerprint density at radius 3 is 2.38 bits per heavy atom. The first-order chi connectivity index (χ1) is 12.6. The van der Waals surface area contributed by atoms with Gasteiger partial charge in [-0.05, 0) is 55.8 Å². The van der Waals surface area contributed by atoms with Crippen LogP contribution < -0.4 is 11.1 Å². The average Bonchev–Trinajstić information content (AvgIpc) is 2.63. The number of piperidine rings is 1. The molecule has 136 valence electrons. The first-order valence-corrected chi connectivity index (χ1v) is 9.19. The predicted molar refractivity (Wildman–Crippen MR) is 103 cm³/mol. The summed E-state index contributed by atoms with van der Waals surface area (Å²) in [5.74, 6) is -0.139. The zero-order chi connectivity index (χ0) is 18.0. The largest absolute Gasteiger partial charge is 0.397 e. The second-order valence-corrected chi connectivity index (χ2v) is 7.51. The third-order valence-corrected chi connectivity index (χ3v) is 5.56. The van der Waals surface area contributed by atoms with Crippen LogP contribution in [-0.4, -0.2) is 37.1 Å². The van der Waals surface area contributed by atoms with Gasteiger partial charge in [0.15, 0.2) is 0 Å². The number of carbonyl (C=O) groups is 1. The number of carbonyl (C=O) groups excluding carboxylic acids is 1. The molecule has 0 aliphatic carbocycles. The Morgan fingerprint density at radius 2 is 1.77 bits per heavy atom. The first-order valence-electron chi connectivity index (χ1n) is 9.19. The number of nitrogens with one attached hydrogen (secondary N) is 1. The minimum absolute atomic E-state index is 0.139. The van der Waals surface area contributed by atoms with Crippen molar-refractivity contribution in [2.24, 2.45) is 5.41 Å². The molecule has 5 nitrogen and oxygen atoms in total. The van der Waals surface area contributed by atoms with Gasteiger partial charge in [-0.3, -0.25) is 9.69 Å². The van der Waals surface area contributed by atoms with E-state index in [0.29, 0.717) is 22.4 Å². The van der Waals surface area contributed by atoms with Gasteiger partial charge in [0.1, 0.15) is 0 Å². The van der Waals surface area contributed by atoms with Crippen LogP contribution in [0.1, 0.15) is 28.8 Å². The van der Waals surface area contributed by atoms with Crippen molar-refractivity contribution in [1.82, 2.24) is 4.90 Å². The molecule has 2 heterocycles. The maximum Gasteiger partial charge on any atom is 0.255 e.